The molecule has 0 N–H and O–H groups in total. The highest BCUT2D eigenvalue weighted by molar-refractivity contribution is 6.19. The predicted molar refractivity (Wildman–Crippen MR) is 458 cm³/mol. The second-order valence-electron chi connectivity index (χ2n) is 28.5. The molecule has 0 bridgehead atoms. The van der Waals surface area contributed by atoms with Gasteiger partial charge in [-0.2, -0.15) is 5.26 Å². The second kappa shape index (κ2) is 25.9. The van der Waals surface area contributed by atoms with Crippen molar-refractivity contribution >= 4 is 92.9 Å². The molecular formula is C104H64N6. The highest BCUT2D eigenvalue weighted by atomic mass is 15.1. The third-order valence-electron chi connectivity index (χ3n) is 22.4. The van der Waals surface area contributed by atoms with Crippen molar-refractivity contribution in [1.82, 2.24) is 18.3 Å². The molecule has 4 aromatic heterocycles. The Morgan fingerprint density at radius 1 is 0.191 bits per heavy atom. The molecule has 0 atom stereocenters. The van der Waals surface area contributed by atoms with Crippen LogP contribution in [0.15, 0.2) is 388 Å². The first-order valence-electron chi connectivity index (χ1n) is 37.3. The van der Waals surface area contributed by atoms with Crippen LogP contribution >= 0.6 is 0 Å². The monoisotopic (exact) mass is 1400 g/mol. The molecule has 110 heavy (non-hydrogen) atoms. The lowest BCUT2D eigenvalue weighted by Gasteiger charge is -2.27. The van der Waals surface area contributed by atoms with Crippen molar-refractivity contribution in [3.63, 3.8) is 0 Å². The number of nitrogens with zero attached hydrogens (tertiary/aromatic N) is 6. The Balaban J connectivity index is 1.01. The van der Waals surface area contributed by atoms with Crippen molar-refractivity contribution in [2.24, 2.45) is 0 Å². The van der Waals surface area contributed by atoms with Crippen LogP contribution in [0.1, 0.15) is 5.56 Å². The zero-order chi connectivity index (χ0) is 72.9. The van der Waals surface area contributed by atoms with E-state index in [-0.39, 0.29) is 0 Å². The van der Waals surface area contributed by atoms with Crippen LogP contribution in [-0.2, 0) is 0 Å². The Bertz CT molecular complexity index is 6720. The van der Waals surface area contributed by atoms with Crippen LogP contribution in [0.4, 0.5) is 5.69 Å². The van der Waals surface area contributed by atoms with Crippen molar-refractivity contribution in [2.75, 3.05) is 0 Å². The number of rotatable bonds is 12. The van der Waals surface area contributed by atoms with Crippen molar-refractivity contribution in [3.05, 3.63) is 405 Å². The van der Waals surface area contributed by atoms with E-state index in [0.717, 1.165) is 176 Å². The lowest BCUT2D eigenvalue weighted by atomic mass is 10.0. The van der Waals surface area contributed by atoms with Gasteiger partial charge in [0.25, 0.3) is 0 Å². The zero-order valence-electron chi connectivity index (χ0n) is 59.6. The van der Waals surface area contributed by atoms with Crippen LogP contribution in [0, 0.1) is 17.9 Å². The fourth-order valence-corrected chi connectivity index (χ4v) is 17.3. The van der Waals surface area contributed by atoms with Gasteiger partial charge in [-0.15, -0.1) is 0 Å². The molecule has 510 valence electrons. The maximum atomic E-state index is 13.5. The second-order valence-corrected chi connectivity index (χ2v) is 28.5. The van der Waals surface area contributed by atoms with Crippen LogP contribution in [0.3, 0.4) is 0 Å². The lowest BCUT2D eigenvalue weighted by Crippen LogP contribution is -2.14. The van der Waals surface area contributed by atoms with Crippen LogP contribution in [0.25, 0.3) is 204 Å². The summed E-state index contributed by atoms with van der Waals surface area (Å²) in [5.41, 5.74) is 27.1. The first-order valence-corrected chi connectivity index (χ1v) is 37.3. The summed E-state index contributed by atoms with van der Waals surface area (Å²) in [7, 11) is 0. The Labute approximate surface area is 635 Å². The summed E-state index contributed by atoms with van der Waals surface area (Å²) < 4.78 is 9.42. The third kappa shape index (κ3) is 10.2. The Morgan fingerprint density at radius 2 is 0.364 bits per heavy atom. The van der Waals surface area contributed by atoms with E-state index in [9.17, 15) is 11.8 Å². The molecule has 17 aromatic carbocycles. The van der Waals surface area contributed by atoms with E-state index in [1.807, 2.05) is 0 Å². The van der Waals surface area contributed by atoms with Gasteiger partial charge in [-0.25, -0.2) is 4.85 Å². The summed E-state index contributed by atoms with van der Waals surface area (Å²) in [6.07, 6.45) is 0. The molecular weight excluding hydrogens is 1330 g/mol. The highest BCUT2D eigenvalue weighted by Gasteiger charge is 2.36. The fraction of sp³-hybridized carbons (Fsp3) is 0. The molecule has 0 aliphatic rings. The van der Waals surface area contributed by atoms with Gasteiger partial charge in [-0.3, -0.25) is 0 Å². The first-order chi connectivity index (χ1) is 54.5. The van der Waals surface area contributed by atoms with Gasteiger partial charge in [0.2, 0.25) is 5.69 Å². The van der Waals surface area contributed by atoms with Gasteiger partial charge in [0.1, 0.15) is 6.07 Å². The van der Waals surface area contributed by atoms with Crippen molar-refractivity contribution < 1.29 is 0 Å². The number of hydrogen-bond acceptors (Lipinski definition) is 1. The number of fused-ring (bicyclic) bond motifs is 12. The van der Waals surface area contributed by atoms with E-state index in [0.29, 0.717) is 34.0 Å². The molecule has 21 rings (SSSR count). The smallest absolute Gasteiger partial charge is 0.237 e. The van der Waals surface area contributed by atoms with Crippen molar-refractivity contribution in [2.45, 2.75) is 0 Å². The van der Waals surface area contributed by atoms with Gasteiger partial charge in [-0.05, 0) is 186 Å². The molecule has 0 aliphatic carbocycles. The number of benzene rings is 17. The third-order valence-corrected chi connectivity index (χ3v) is 22.4. The largest absolute Gasteiger partial charge is 0.318 e. The molecule has 0 amide bonds. The van der Waals surface area contributed by atoms with Crippen molar-refractivity contribution in [3.8, 4) is 118 Å². The normalized spacial score (nSPS) is 11.6. The van der Waals surface area contributed by atoms with E-state index < -0.39 is 0 Å². The molecule has 0 unspecified atom stereocenters. The summed E-state index contributed by atoms with van der Waals surface area (Å²) in [5.74, 6) is 0. The molecule has 0 saturated heterocycles. The van der Waals surface area contributed by atoms with E-state index in [1.54, 1.807) is 0 Å². The number of hydrogen-bond donors (Lipinski definition) is 0. The average molecular weight is 1400 g/mol. The Morgan fingerprint density at radius 3 is 0.545 bits per heavy atom. The maximum Gasteiger partial charge on any atom is 0.237 e. The summed E-state index contributed by atoms with van der Waals surface area (Å²) in [5, 5.41) is 21.5. The maximum absolute atomic E-state index is 13.5. The molecule has 0 aliphatic heterocycles. The van der Waals surface area contributed by atoms with E-state index in [4.69, 9.17) is 4.85 Å². The minimum Gasteiger partial charge on any atom is -0.318 e. The molecule has 6 heteroatoms. The van der Waals surface area contributed by atoms with E-state index >= 15 is 0 Å². The van der Waals surface area contributed by atoms with Crippen molar-refractivity contribution in [1.29, 1.82) is 5.26 Å². The highest BCUT2D eigenvalue weighted by Crippen LogP contribution is 2.54. The van der Waals surface area contributed by atoms with E-state index in [1.165, 1.54) is 0 Å². The summed E-state index contributed by atoms with van der Waals surface area (Å²) in [6, 6.07) is 142. The van der Waals surface area contributed by atoms with Crippen LogP contribution < -0.4 is 0 Å². The molecule has 21 aromatic rings. The zero-order valence-corrected chi connectivity index (χ0v) is 59.6. The minimum atomic E-state index is 0.298. The predicted octanol–water partition coefficient (Wildman–Crippen LogP) is 27.8. The standard InChI is InChI=1S/C104H64N6/c1-106-100-101(107-92-50-42-75(67-26-10-2-11-27-67)58-83(92)84-59-76(43-51-93(84)107)68-28-12-3-13-29-68)91(66-105)102(108-94-52-44-77(69-30-14-4-15-31-69)60-85(94)86-61-78(45-53-95(86)108)70-32-16-5-17-33-70)104(110-98-56-48-81(73-38-22-8-23-39-73)64-89(98)90-65-82(49-57-99(90)110)74-40-24-9-25-41-74)103(100)109-96-54-46-79(71-34-18-6-19-35-71)62-87(96)88-63-80(47-55-97(88)109)72-36-20-7-21-37-72/h2-65H. The molecule has 0 saturated carbocycles. The molecule has 0 fully saturated rings. The lowest BCUT2D eigenvalue weighted by molar-refractivity contribution is 1.03. The fourth-order valence-electron chi connectivity index (χ4n) is 17.3. The quantitative estimate of drug-likeness (QED) is 0.112. The molecule has 4 heterocycles. The molecule has 0 spiro atoms. The molecule has 6 nitrogen and oxygen atoms in total. The summed E-state index contributed by atoms with van der Waals surface area (Å²) in [6.45, 7) is 10.5. The SMILES string of the molecule is [C-]#[N+]c1c(-n2c3ccc(-c4ccccc4)cc3c3cc(-c4ccccc4)ccc32)c(C#N)c(-n2c3ccc(-c4ccccc4)cc3c3cc(-c4ccccc4)ccc32)c(-n2c3ccc(-c4ccccc4)cc3c3cc(-c4ccccc4)ccc32)c1-n1c2ccc(-c3ccccc3)cc2c2cc(-c3ccccc3)ccc21. The minimum absolute atomic E-state index is 0.298. The Kier molecular flexibility index (Phi) is 14.9. The first kappa shape index (κ1) is 63.4. The van der Waals surface area contributed by atoms with Gasteiger partial charge in [-0.1, -0.05) is 291 Å². The summed E-state index contributed by atoms with van der Waals surface area (Å²) >= 11 is 0. The van der Waals surface area contributed by atoms with Gasteiger partial charge in [0.15, 0.2) is 0 Å². The number of aromatic nitrogens is 4. The Hall–Kier alpha value is -15.1. The van der Waals surface area contributed by atoms with Gasteiger partial charge >= 0.3 is 0 Å². The van der Waals surface area contributed by atoms with Crippen LogP contribution in [0.2, 0.25) is 0 Å². The topological polar surface area (TPSA) is 47.9 Å². The van der Waals surface area contributed by atoms with Crippen LogP contribution in [0.5, 0.6) is 0 Å². The summed E-state index contributed by atoms with van der Waals surface area (Å²) in [4.78, 5) is 5.09. The van der Waals surface area contributed by atoms with Gasteiger partial charge < -0.3 is 18.3 Å². The molecule has 0 radical (unpaired) electrons. The van der Waals surface area contributed by atoms with E-state index in [2.05, 4.69) is 413 Å². The van der Waals surface area contributed by atoms with Gasteiger partial charge in [0.05, 0.1) is 79.0 Å². The number of nitriles is 1. The van der Waals surface area contributed by atoms with Gasteiger partial charge in [0, 0.05) is 43.1 Å². The van der Waals surface area contributed by atoms with Crippen LogP contribution in [-0.4, -0.2) is 18.3 Å². The average Bonchev–Trinajstić information content (AvgIpc) is 1.47.